The van der Waals surface area contributed by atoms with E-state index >= 15 is 0 Å². The van der Waals surface area contributed by atoms with Crippen LogP contribution < -0.4 is 10.1 Å². The van der Waals surface area contributed by atoms with Crippen molar-refractivity contribution in [1.29, 1.82) is 0 Å². The van der Waals surface area contributed by atoms with E-state index in [1.165, 1.54) is 12.1 Å². The van der Waals surface area contributed by atoms with Gasteiger partial charge in [0.05, 0.1) is 6.61 Å². The lowest BCUT2D eigenvalue weighted by Crippen LogP contribution is -2.11. The second-order valence-electron chi connectivity index (χ2n) is 4.64. The molecule has 0 heterocycles. The van der Waals surface area contributed by atoms with Crippen LogP contribution in [0.4, 0.5) is 4.39 Å². The van der Waals surface area contributed by atoms with Crippen molar-refractivity contribution in [2.45, 2.75) is 20.4 Å². The van der Waals surface area contributed by atoms with Crippen LogP contribution >= 0.6 is 0 Å². The third-order valence-electron chi connectivity index (χ3n) is 2.26. The van der Waals surface area contributed by atoms with Gasteiger partial charge in [0, 0.05) is 19.2 Å². The predicted molar refractivity (Wildman–Crippen MR) is 70.3 cm³/mol. The van der Waals surface area contributed by atoms with Crippen LogP contribution in [0.5, 0.6) is 5.75 Å². The lowest BCUT2D eigenvalue weighted by molar-refractivity contribution is 0.0818. The van der Waals surface area contributed by atoms with Gasteiger partial charge in [0.15, 0.2) is 0 Å². The molecule has 0 radical (unpaired) electrons. The molecule has 0 bridgehead atoms. The molecule has 0 unspecified atom stereocenters. The quantitative estimate of drug-likeness (QED) is 0.724. The van der Waals surface area contributed by atoms with Gasteiger partial charge in [-0.1, -0.05) is 13.8 Å². The molecule has 0 saturated heterocycles. The molecule has 0 atom stereocenters. The van der Waals surface area contributed by atoms with Crippen LogP contribution in [-0.2, 0) is 11.3 Å². The highest BCUT2D eigenvalue weighted by Gasteiger charge is 2.02. The Labute approximate surface area is 108 Å². The van der Waals surface area contributed by atoms with E-state index in [2.05, 4.69) is 19.2 Å². The van der Waals surface area contributed by atoms with E-state index < -0.39 is 0 Å². The Morgan fingerprint density at radius 1 is 1.22 bits per heavy atom. The number of rotatable bonds is 8. The van der Waals surface area contributed by atoms with Gasteiger partial charge in [0.2, 0.25) is 0 Å². The Morgan fingerprint density at radius 3 is 2.67 bits per heavy atom. The van der Waals surface area contributed by atoms with Gasteiger partial charge in [-0.3, -0.25) is 0 Å². The Hall–Kier alpha value is -1.13. The Bertz CT molecular complexity index is 356. The first-order valence-electron chi connectivity index (χ1n) is 6.26. The summed E-state index contributed by atoms with van der Waals surface area (Å²) in [5.74, 6) is 0.788. The van der Waals surface area contributed by atoms with Crippen molar-refractivity contribution in [2.75, 3.05) is 26.9 Å². The summed E-state index contributed by atoms with van der Waals surface area (Å²) < 4.78 is 24.1. The molecule has 0 aliphatic carbocycles. The van der Waals surface area contributed by atoms with Crippen molar-refractivity contribution in [2.24, 2.45) is 5.92 Å². The summed E-state index contributed by atoms with van der Waals surface area (Å²) >= 11 is 0. The van der Waals surface area contributed by atoms with E-state index in [1.54, 1.807) is 0 Å². The molecule has 1 rings (SSSR count). The van der Waals surface area contributed by atoms with Crippen LogP contribution in [-0.4, -0.2) is 26.9 Å². The molecule has 4 heteroatoms. The van der Waals surface area contributed by atoms with Crippen LogP contribution in [0.2, 0.25) is 0 Å². The van der Waals surface area contributed by atoms with Crippen LogP contribution in [0.25, 0.3) is 0 Å². The molecule has 3 nitrogen and oxygen atoms in total. The maximum atomic E-state index is 13.3. The third kappa shape index (κ3) is 5.98. The zero-order valence-electron chi connectivity index (χ0n) is 11.3. The molecule has 0 saturated carbocycles. The molecule has 0 amide bonds. The lowest BCUT2D eigenvalue weighted by Gasteiger charge is -2.10. The number of hydrogen-bond acceptors (Lipinski definition) is 3. The van der Waals surface area contributed by atoms with Crippen LogP contribution in [0.15, 0.2) is 18.2 Å². The highest BCUT2D eigenvalue weighted by atomic mass is 19.1. The van der Waals surface area contributed by atoms with Gasteiger partial charge in [-0.2, -0.15) is 0 Å². The summed E-state index contributed by atoms with van der Waals surface area (Å²) in [5, 5.41) is 2.98. The third-order valence-corrected chi connectivity index (χ3v) is 2.26. The summed E-state index contributed by atoms with van der Waals surface area (Å²) in [6.07, 6.45) is 0. The minimum absolute atomic E-state index is 0.277. The molecule has 1 N–H and O–H groups in total. The van der Waals surface area contributed by atoms with Gasteiger partial charge in [-0.15, -0.1) is 0 Å². The summed E-state index contributed by atoms with van der Waals surface area (Å²) in [5.41, 5.74) is 0.871. The highest BCUT2D eigenvalue weighted by molar-refractivity contribution is 5.29. The van der Waals surface area contributed by atoms with Gasteiger partial charge in [-0.25, -0.2) is 4.39 Å². The van der Waals surface area contributed by atoms with E-state index in [0.29, 0.717) is 31.4 Å². The maximum Gasteiger partial charge on any atom is 0.127 e. The van der Waals surface area contributed by atoms with Crippen LogP contribution in [0.1, 0.15) is 19.4 Å². The fourth-order valence-corrected chi connectivity index (χ4v) is 1.55. The zero-order chi connectivity index (χ0) is 13.4. The van der Waals surface area contributed by atoms with Gasteiger partial charge < -0.3 is 14.8 Å². The summed E-state index contributed by atoms with van der Waals surface area (Å²) in [6.45, 7) is 6.50. The monoisotopic (exact) mass is 255 g/mol. The second-order valence-corrected chi connectivity index (χ2v) is 4.64. The molecule has 0 aliphatic rings. The van der Waals surface area contributed by atoms with E-state index in [0.717, 1.165) is 12.2 Å². The fourth-order valence-electron chi connectivity index (χ4n) is 1.55. The van der Waals surface area contributed by atoms with Crippen LogP contribution in [0, 0.1) is 11.7 Å². The molecule has 1 aromatic carbocycles. The van der Waals surface area contributed by atoms with E-state index in [4.69, 9.17) is 9.47 Å². The molecule has 18 heavy (non-hydrogen) atoms. The van der Waals surface area contributed by atoms with E-state index in [9.17, 15) is 4.39 Å². The Kier molecular flexibility index (Phi) is 6.68. The SMILES string of the molecule is CNCc1cc(F)cc(OCCOCC(C)C)c1. The molecular formula is C14H22FNO2. The highest BCUT2D eigenvalue weighted by Crippen LogP contribution is 2.16. The van der Waals surface area contributed by atoms with Gasteiger partial charge in [0.1, 0.15) is 18.2 Å². The topological polar surface area (TPSA) is 30.5 Å². The largest absolute Gasteiger partial charge is 0.491 e. The summed E-state index contributed by atoms with van der Waals surface area (Å²) in [6, 6.07) is 4.72. The number of nitrogens with one attached hydrogen (secondary N) is 1. The average molecular weight is 255 g/mol. The average Bonchev–Trinajstić information content (AvgIpc) is 2.28. The summed E-state index contributed by atoms with van der Waals surface area (Å²) in [7, 11) is 1.82. The number of halogens is 1. The Balaban J connectivity index is 2.37. The minimum Gasteiger partial charge on any atom is -0.491 e. The maximum absolute atomic E-state index is 13.3. The molecule has 102 valence electrons. The Morgan fingerprint density at radius 2 is 2.00 bits per heavy atom. The standard InChI is InChI=1S/C14H22FNO2/c1-11(2)10-17-4-5-18-14-7-12(9-16-3)6-13(15)8-14/h6-8,11,16H,4-5,9-10H2,1-3H3. The van der Waals surface area contributed by atoms with Crippen molar-refractivity contribution < 1.29 is 13.9 Å². The molecular weight excluding hydrogens is 233 g/mol. The summed E-state index contributed by atoms with van der Waals surface area (Å²) in [4.78, 5) is 0. The first-order chi connectivity index (χ1) is 8.61. The minimum atomic E-state index is -0.277. The first-order valence-corrected chi connectivity index (χ1v) is 6.26. The van der Waals surface area contributed by atoms with Crippen molar-refractivity contribution in [1.82, 2.24) is 5.32 Å². The zero-order valence-corrected chi connectivity index (χ0v) is 11.3. The van der Waals surface area contributed by atoms with Crippen LogP contribution in [0.3, 0.4) is 0 Å². The normalized spacial score (nSPS) is 10.9. The second kappa shape index (κ2) is 8.06. The fraction of sp³-hybridized carbons (Fsp3) is 0.571. The van der Waals surface area contributed by atoms with E-state index in [-0.39, 0.29) is 5.82 Å². The van der Waals surface area contributed by atoms with Crippen molar-refractivity contribution in [3.05, 3.63) is 29.6 Å². The van der Waals surface area contributed by atoms with Crippen molar-refractivity contribution in [3.8, 4) is 5.75 Å². The molecule has 0 aliphatic heterocycles. The van der Waals surface area contributed by atoms with Crippen molar-refractivity contribution >= 4 is 0 Å². The van der Waals surface area contributed by atoms with E-state index in [1.807, 2.05) is 13.1 Å². The molecule has 1 aromatic rings. The number of hydrogen-bond donors (Lipinski definition) is 1. The van der Waals surface area contributed by atoms with Gasteiger partial charge >= 0.3 is 0 Å². The predicted octanol–water partition coefficient (Wildman–Crippen LogP) is 2.60. The molecule has 0 fully saturated rings. The number of ether oxygens (including phenoxy) is 2. The van der Waals surface area contributed by atoms with Gasteiger partial charge in [0.25, 0.3) is 0 Å². The smallest absolute Gasteiger partial charge is 0.127 e. The first kappa shape index (κ1) is 14.9. The molecule has 0 aromatic heterocycles. The number of benzene rings is 1. The molecule has 0 spiro atoms. The van der Waals surface area contributed by atoms with Crippen molar-refractivity contribution in [3.63, 3.8) is 0 Å². The lowest BCUT2D eigenvalue weighted by atomic mass is 10.2. The van der Waals surface area contributed by atoms with Gasteiger partial charge in [-0.05, 0) is 30.7 Å².